The maximum atomic E-state index is 12.2. The molecule has 0 aliphatic rings. The minimum absolute atomic E-state index is 0.0496. The fourth-order valence-corrected chi connectivity index (χ4v) is 3.79. The summed E-state index contributed by atoms with van der Waals surface area (Å²) in [5.74, 6) is 1.92. The number of hydrogen-bond donors (Lipinski definition) is 1. The number of rotatable bonds is 9. The van der Waals surface area contributed by atoms with Crippen LogP contribution in [0.2, 0.25) is 0 Å². The van der Waals surface area contributed by atoms with Gasteiger partial charge in [0, 0.05) is 12.1 Å². The number of ether oxygens (including phenoxy) is 1. The van der Waals surface area contributed by atoms with Crippen molar-refractivity contribution in [2.24, 2.45) is 0 Å². The van der Waals surface area contributed by atoms with Gasteiger partial charge in [0.05, 0.1) is 12.3 Å². The van der Waals surface area contributed by atoms with Gasteiger partial charge in [-0.1, -0.05) is 54.2 Å². The van der Waals surface area contributed by atoms with Crippen molar-refractivity contribution in [3.05, 3.63) is 59.7 Å². The number of nitrogens with zero attached hydrogens (tertiary/aromatic N) is 3. The second-order valence-corrected chi connectivity index (χ2v) is 7.56. The predicted octanol–water partition coefficient (Wildman–Crippen LogP) is 3.87. The van der Waals surface area contributed by atoms with Gasteiger partial charge in [-0.15, -0.1) is 10.2 Å². The average Bonchev–Trinajstić information content (AvgIpc) is 3.14. The molecule has 0 aliphatic heterocycles. The zero-order valence-electron chi connectivity index (χ0n) is 17.0. The number of nitrogens with one attached hydrogen (secondary N) is 1. The molecule has 0 saturated carbocycles. The SMILES string of the molecule is CCn1c(SCC(=O)NCCOc2ccccc2C)nnc1-c1ccccc1C. The Kier molecular flexibility index (Phi) is 7.30. The molecule has 0 radical (unpaired) electrons. The molecule has 6 nitrogen and oxygen atoms in total. The van der Waals surface area contributed by atoms with E-state index in [0.29, 0.717) is 13.2 Å². The molecule has 0 spiro atoms. The summed E-state index contributed by atoms with van der Waals surface area (Å²) < 4.78 is 7.75. The van der Waals surface area contributed by atoms with Crippen LogP contribution in [0.25, 0.3) is 11.4 Å². The first-order valence-electron chi connectivity index (χ1n) is 9.67. The van der Waals surface area contributed by atoms with Gasteiger partial charge in [0.1, 0.15) is 12.4 Å². The molecular formula is C22H26N4O2S. The fourth-order valence-electron chi connectivity index (χ4n) is 2.95. The number of para-hydroxylation sites is 1. The van der Waals surface area contributed by atoms with E-state index in [1.807, 2.05) is 54.0 Å². The summed E-state index contributed by atoms with van der Waals surface area (Å²) in [5.41, 5.74) is 3.29. The monoisotopic (exact) mass is 410 g/mol. The lowest BCUT2D eigenvalue weighted by Crippen LogP contribution is -2.29. The summed E-state index contributed by atoms with van der Waals surface area (Å²) in [5, 5.41) is 12.3. The van der Waals surface area contributed by atoms with Crippen molar-refractivity contribution >= 4 is 17.7 Å². The molecule has 0 aliphatic carbocycles. The van der Waals surface area contributed by atoms with Gasteiger partial charge in [-0.25, -0.2) is 0 Å². The van der Waals surface area contributed by atoms with Crippen molar-refractivity contribution in [2.75, 3.05) is 18.9 Å². The lowest BCUT2D eigenvalue weighted by Gasteiger charge is -2.10. The molecule has 1 aromatic heterocycles. The summed E-state index contributed by atoms with van der Waals surface area (Å²) in [7, 11) is 0. The number of carbonyl (C=O) groups is 1. The Hall–Kier alpha value is -2.80. The highest BCUT2D eigenvalue weighted by atomic mass is 32.2. The maximum absolute atomic E-state index is 12.2. The van der Waals surface area contributed by atoms with Gasteiger partial charge >= 0.3 is 0 Å². The van der Waals surface area contributed by atoms with Crippen molar-refractivity contribution in [1.29, 1.82) is 0 Å². The standard InChI is InChI=1S/C22H26N4O2S/c1-4-26-21(18-11-7-5-9-16(18)2)24-25-22(26)29-15-20(27)23-13-14-28-19-12-8-6-10-17(19)3/h5-12H,4,13-15H2,1-3H3,(H,23,27). The number of aryl methyl sites for hydroxylation is 2. The smallest absolute Gasteiger partial charge is 0.230 e. The molecule has 0 fully saturated rings. The third kappa shape index (κ3) is 5.38. The Morgan fingerprint density at radius 3 is 2.52 bits per heavy atom. The zero-order valence-corrected chi connectivity index (χ0v) is 17.8. The van der Waals surface area contributed by atoms with Crippen molar-refractivity contribution in [1.82, 2.24) is 20.1 Å². The third-order valence-corrected chi connectivity index (χ3v) is 5.49. The maximum Gasteiger partial charge on any atom is 0.230 e. The second kappa shape index (κ2) is 10.1. The van der Waals surface area contributed by atoms with E-state index in [2.05, 4.69) is 35.4 Å². The molecule has 3 rings (SSSR count). The highest BCUT2D eigenvalue weighted by Gasteiger charge is 2.15. The Labute approximate surface area is 175 Å². The van der Waals surface area contributed by atoms with Crippen LogP contribution >= 0.6 is 11.8 Å². The zero-order chi connectivity index (χ0) is 20.6. The van der Waals surface area contributed by atoms with Crippen LogP contribution in [0.3, 0.4) is 0 Å². The van der Waals surface area contributed by atoms with Crippen LogP contribution < -0.4 is 10.1 Å². The summed E-state index contributed by atoms with van der Waals surface area (Å²) in [6, 6.07) is 15.9. The van der Waals surface area contributed by atoms with E-state index in [9.17, 15) is 4.79 Å². The summed E-state index contributed by atoms with van der Waals surface area (Å²) in [6.45, 7) is 7.75. The van der Waals surface area contributed by atoms with Gasteiger partial charge in [-0.3, -0.25) is 4.79 Å². The van der Waals surface area contributed by atoms with Crippen LogP contribution in [-0.4, -0.2) is 39.6 Å². The van der Waals surface area contributed by atoms with E-state index in [4.69, 9.17) is 4.74 Å². The van der Waals surface area contributed by atoms with E-state index in [1.54, 1.807) is 0 Å². The number of aromatic nitrogens is 3. The Balaban J connectivity index is 1.50. The van der Waals surface area contributed by atoms with Crippen LogP contribution in [-0.2, 0) is 11.3 Å². The average molecular weight is 411 g/mol. The minimum atomic E-state index is -0.0496. The number of thioether (sulfide) groups is 1. The molecule has 3 aromatic rings. The molecular weight excluding hydrogens is 384 g/mol. The summed E-state index contributed by atoms with van der Waals surface area (Å²) >= 11 is 1.39. The van der Waals surface area contributed by atoms with Crippen molar-refractivity contribution in [3.8, 4) is 17.1 Å². The Morgan fingerprint density at radius 2 is 1.79 bits per heavy atom. The van der Waals surface area contributed by atoms with Gasteiger partial charge in [0.15, 0.2) is 11.0 Å². The van der Waals surface area contributed by atoms with Gasteiger partial charge in [-0.2, -0.15) is 0 Å². The molecule has 0 bridgehead atoms. The molecule has 1 amide bonds. The van der Waals surface area contributed by atoms with Gasteiger partial charge in [0.25, 0.3) is 0 Å². The molecule has 0 atom stereocenters. The van der Waals surface area contributed by atoms with Gasteiger partial charge < -0.3 is 14.6 Å². The molecule has 152 valence electrons. The van der Waals surface area contributed by atoms with Crippen LogP contribution in [0, 0.1) is 13.8 Å². The van der Waals surface area contributed by atoms with Crippen molar-refractivity contribution in [3.63, 3.8) is 0 Å². The quantitative estimate of drug-likeness (QED) is 0.428. The van der Waals surface area contributed by atoms with Crippen LogP contribution in [0.4, 0.5) is 0 Å². The van der Waals surface area contributed by atoms with E-state index in [1.165, 1.54) is 11.8 Å². The van der Waals surface area contributed by atoms with Crippen LogP contribution in [0.5, 0.6) is 5.75 Å². The first kappa shape index (κ1) is 20.9. The number of carbonyl (C=O) groups excluding carboxylic acids is 1. The Bertz CT molecular complexity index is 971. The highest BCUT2D eigenvalue weighted by molar-refractivity contribution is 7.99. The van der Waals surface area contributed by atoms with Gasteiger partial charge in [-0.05, 0) is 38.0 Å². The number of amides is 1. The van der Waals surface area contributed by atoms with E-state index in [-0.39, 0.29) is 11.7 Å². The largest absolute Gasteiger partial charge is 0.491 e. The van der Waals surface area contributed by atoms with Crippen LogP contribution in [0.15, 0.2) is 53.7 Å². The van der Waals surface area contributed by atoms with Crippen molar-refractivity contribution in [2.45, 2.75) is 32.5 Å². The Morgan fingerprint density at radius 1 is 1.07 bits per heavy atom. The molecule has 0 saturated heterocycles. The fraction of sp³-hybridized carbons (Fsp3) is 0.318. The molecule has 0 unspecified atom stereocenters. The molecule has 29 heavy (non-hydrogen) atoms. The van der Waals surface area contributed by atoms with Gasteiger partial charge in [0.2, 0.25) is 5.91 Å². The minimum Gasteiger partial charge on any atom is -0.491 e. The van der Waals surface area contributed by atoms with Crippen LogP contribution in [0.1, 0.15) is 18.1 Å². The summed E-state index contributed by atoms with van der Waals surface area (Å²) in [4.78, 5) is 12.2. The lowest BCUT2D eigenvalue weighted by molar-refractivity contribution is -0.118. The molecule has 2 aromatic carbocycles. The highest BCUT2D eigenvalue weighted by Crippen LogP contribution is 2.26. The third-order valence-electron chi connectivity index (χ3n) is 4.53. The van der Waals surface area contributed by atoms with E-state index in [0.717, 1.165) is 40.0 Å². The van der Waals surface area contributed by atoms with E-state index >= 15 is 0 Å². The topological polar surface area (TPSA) is 69.0 Å². The summed E-state index contributed by atoms with van der Waals surface area (Å²) in [6.07, 6.45) is 0. The first-order chi connectivity index (χ1) is 14.1. The number of benzene rings is 2. The number of hydrogen-bond acceptors (Lipinski definition) is 5. The molecule has 7 heteroatoms. The first-order valence-corrected chi connectivity index (χ1v) is 10.7. The predicted molar refractivity (Wildman–Crippen MR) is 116 cm³/mol. The lowest BCUT2D eigenvalue weighted by atomic mass is 10.1. The second-order valence-electron chi connectivity index (χ2n) is 6.62. The van der Waals surface area contributed by atoms with Crippen molar-refractivity contribution < 1.29 is 9.53 Å². The molecule has 1 heterocycles. The van der Waals surface area contributed by atoms with E-state index < -0.39 is 0 Å². The normalized spacial score (nSPS) is 10.7. The molecule has 1 N–H and O–H groups in total.